The Labute approximate surface area is 555 Å². The molecule has 0 bridgehead atoms. The number of ether oxygens (including phenoxy) is 13. The van der Waals surface area contributed by atoms with E-state index >= 15 is 0 Å². The lowest BCUT2D eigenvalue weighted by molar-refractivity contribution is -0.414. The van der Waals surface area contributed by atoms with Crippen LogP contribution in [0.1, 0.15) is 113 Å². The third kappa shape index (κ3) is 12.6. The number of carbonyl (C=O) groups excluding carboxylic acids is 1. The van der Waals surface area contributed by atoms with E-state index in [-0.39, 0.29) is 40.5 Å². The van der Waals surface area contributed by atoms with Crippen molar-refractivity contribution in [3.8, 4) is 0 Å². The fraction of sp³-hybridized carbons (Fsp3) is 0.953. The molecule has 32 heteroatoms. The van der Waals surface area contributed by atoms with Gasteiger partial charge >= 0.3 is 0 Å². The molecule has 552 valence electrons. The molecule has 7 saturated heterocycles. The van der Waals surface area contributed by atoms with Crippen LogP contribution in [0.15, 0.2) is 11.1 Å². The topological polar surface area (TPSA) is 501 Å². The molecule has 7 aliphatic heterocycles. The lowest BCUT2D eigenvalue weighted by Crippen LogP contribution is -2.69. The summed E-state index contributed by atoms with van der Waals surface area (Å²) in [6, 6.07) is 0. The molecule has 32 nitrogen and oxygen atoms in total. The summed E-state index contributed by atoms with van der Waals surface area (Å²) in [5, 5.41) is 199. The van der Waals surface area contributed by atoms with Gasteiger partial charge in [-0.05, 0) is 87.4 Å². The van der Waals surface area contributed by atoms with E-state index in [0.717, 1.165) is 32.1 Å². The molecule has 96 heavy (non-hydrogen) atoms. The molecule has 0 aromatic rings. The van der Waals surface area contributed by atoms with Gasteiger partial charge in [0.2, 0.25) is 0 Å². The Bertz CT molecular complexity index is 2680. The van der Waals surface area contributed by atoms with Crippen LogP contribution in [0.2, 0.25) is 0 Å². The van der Waals surface area contributed by atoms with Gasteiger partial charge in [0, 0.05) is 17.3 Å². The molecule has 18 N–H and O–H groups in total. The Balaban J connectivity index is 0.823. The zero-order chi connectivity index (χ0) is 69.8. The minimum Gasteiger partial charge on any atom is -0.396 e. The average molecular weight is 1390 g/mol. The number of aliphatic hydroxyl groups excluding tert-OH is 18. The van der Waals surface area contributed by atoms with Crippen LogP contribution in [0.25, 0.3) is 0 Å². The van der Waals surface area contributed by atoms with Gasteiger partial charge in [0.15, 0.2) is 43.5 Å². The molecular weight excluding hydrogens is 1280 g/mol. The summed E-state index contributed by atoms with van der Waals surface area (Å²) in [4.78, 5) is 13.1. The van der Waals surface area contributed by atoms with Crippen LogP contribution in [-0.2, 0) is 66.4 Å². The third-order valence-corrected chi connectivity index (χ3v) is 24.7. The number of hydrogen-bond donors (Lipinski definition) is 18. The van der Waals surface area contributed by atoms with Crippen molar-refractivity contribution in [2.75, 3.05) is 39.6 Å². The molecule has 0 aromatic heterocycles. The van der Waals surface area contributed by atoms with E-state index in [9.17, 15) is 96.7 Å². The minimum atomic E-state index is -2.16. The van der Waals surface area contributed by atoms with Crippen LogP contribution in [-0.4, -0.2) is 333 Å². The molecule has 0 amide bonds. The van der Waals surface area contributed by atoms with Crippen LogP contribution >= 0.6 is 0 Å². The number of fused-ring (bicyclic) bond motifs is 5. The second-order valence-electron chi connectivity index (χ2n) is 29.7. The zero-order valence-electron chi connectivity index (χ0n) is 55.1. The summed E-state index contributed by atoms with van der Waals surface area (Å²) in [5.74, 6) is 0.225. The predicted molar refractivity (Wildman–Crippen MR) is 318 cm³/mol. The largest absolute Gasteiger partial charge is 0.396 e. The predicted octanol–water partition coefficient (Wildman–Crippen LogP) is -5.79. The van der Waals surface area contributed by atoms with E-state index < -0.39 is 234 Å². The summed E-state index contributed by atoms with van der Waals surface area (Å²) >= 11 is 0. The summed E-state index contributed by atoms with van der Waals surface area (Å²) in [6.45, 7) is 9.78. The molecular formula is C64H104O32. The van der Waals surface area contributed by atoms with Crippen LogP contribution < -0.4 is 0 Å². The van der Waals surface area contributed by atoms with Gasteiger partial charge in [-0.25, -0.2) is 0 Å². The van der Waals surface area contributed by atoms with Gasteiger partial charge in [0.1, 0.15) is 140 Å². The van der Waals surface area contributed by atoms with Crippen molar-refractivity contribution in [1.29, 1.82) is 0 Å². The van der Waals surface area contributed by atoms with E-state index in [1.54, 1.807) is 0 Å². The maximum Gasteiger partial charge on any atom is 0.187 e. The molecule has 7 heterocycles. The minimum absolute atomic E-state index is 0.113. The Hall–Kier alpha value is -1.83. The normalized spacial score (nSPS) is 54.6. The highest BCUT2D eigenvalue weighted by Crippen LogP contribution is 2.75. The monoisotopic (exact) mass is 1380 g/mol. The Morgan fingerprint density at radius 3 is 1.65 bits per heavy atom. The van der Waals surface area contributed by atoms with Crippen molar-refractivity contribution in [2.24, 2.45) is 33.5 Å². The molecule has 1 spiro atoms. The van der Waals surface area contributed by atoms with Crippen molar-refractivity contribution in [1.82, 2.24) is 0 Å². The first-order valence-electron chi connectivity index (χ1n) is 34.0. The maximum absolute atomic E-state index is 13.1. The number of rotatable bonds is 19. The highest BCUT2D eigenvalue weighted by atomic mass is 16.8. The van der Waals surface area contributed by atoms with Crippen LogP contribution in [0, 0.1) is 33.5 Å². The molecule has 38 atom stereocenters. The van der Waals surface area contributed by atoms with Crippen molar-refractivity contribution >= 4 is 5.78 Å². The fourth-order valence-electron chi connectivity index (χ4n) is 18.6. The third-order valence-electron chi connectivity index (χ3n) is 24.7. The van der Waals surface area contributed by atoms with Gasteiger partial charge in [0.05, 0.1) is 57.5 Å². The first-order valence-corrected chi connectivity index (χ1v) is 34.0. The number of allylic oxidation sites excluding steroid dienone is 2. The van der Waals surface area contributed by atoms with E-state index in [4.69, 9.17) is 61.6 Å². The first-order chi connectivity index (χ1) is 45.3. The first kappa shape index (κ1) is 75.3. The number of hydrogen-bond acceptors (Lipinski definition) is 32. The summed E-state index contributed by atoms with van der Waals surface area (Å²) < 4.78 is 79.8. The maximum atomic E-state index is 13.1. The second-order valence-corrected chi connectivity index (χ2v) is 29.7. The van der Waals surface area contributed by atoms with Crippen molar-refractivity contribution in [2.45, 2.75) is 309 Å². The van der Waals surface area contributed by atoms with Gasteiger partial charge in [0.25, 0.3) is 0 Å². The van der Waals surface area contributed by atoms with E-state index in [2.05, 4.69) is 27.7 Å². The summed E-state index contributed by atoms with van der Waals surface area (Å²) in [5.41, 5.74) is 0.687. The Morgan fingerprint density at radius 1 is 0.500 bits per heavy atom. The second kappa shape index (κ2) is 29.0. The van der Waals surface area contributed by atoms with Gasteiger partial charge in [-0.15, -0.1) is 0 Å². The number of aliphatic hydroxyl groups is 18. The average Bonchev–Trinajstić information content (AvgIpc) is 1.41. The lowest BCUT2D eigenvalue weighted by atomic mass is 9.42. The Kier molecular flexibility index (Phi) is 22.8. The molecule has 0 aromatic carbocycles. The standard InChI is InChI=1S/C64H104O32/c1-8-28(69)30-17-24(2)64(96-30)16-15-62(6)27-9-10-35-60(4,26(27)11-14-63(62,64)7)13-12-36(61(35,5)23-68)91-55-48(82)45(79)41(75)34(90-55)22-85-57-51(38(72)29(70)21-84-57)94-59-53(95-54-47(81)43(77)37(71)25(3)86-54)50(42(76)33(20-67)89-59)92-58-52(46(80)40(74)32(19-66)88-58)93-56-49(83)44(78)39(73)31(18-65)87-56/h24-25,29-59,65-68,70-83H,8-23H2,1-7H3/t24-,25+,29+,30-,31-,32-,33-,34-,35-,36+,37+,38+,39-,40-,41-,42-,43-,44+,45+,46+,47-,48-,49-,50+,51-,52-,53-,54+,55+,56+,57+,58+,59+,60-,61-,62+,63+,64+/m1/s1. The lowest BCUT2D eigenvalue weighted by Gasteiger charge is -2.63. The summed E-state index contributed by atoms with van der Waals surface area (Å²) in [6.07, 6.45) is -49.2. The zero-order valence-corrected chi connectivity index (χ0v) is 55.1. The van der Waals surface area contributed by atoms with Gasteiger partial charge in [-0.3, -0.25) is 4.79 Å². The summed E-state index contributed by atoms with van der Waals surface area (Å²) in [7, 11) is 0. The fourth-order valence-corrected chi connectivity index (χ4v) is 18.6. The highest BCUT2D eigenvalue weighted by Gasteiger charge is 2.72. The van der Waals surface area contributed by atoms with E-state index in [1.165, 1.54) is 18.1 Å². The SMILES string of the molecule is CCC(=O)[C@H]1C[C@@H](C)[C@]2(CC[C@@]3(C)C4=C(CC[C@@]32C)[C@@]2(C)CC[C@H](O[C@@H]3O[C@H](CO[C@@H]5OC[C@H](O)[C@H](O)[C@H]5O[C@@H]5O[C@H](CO)[C@@H](O)[C@H](O[C@@H]6O[C@H](CO)[C@@H](O)[C@H](O)[C@H]6O[C@@H]6O[C@H](CO)[C@@H](O)[C@H](O)[C@H]6O)[C@H]5O[C@@H]5O[C@@H](C)[C@H](O)[C@@H](O)[C@H]5O)[C@@H](O)[C@H](O)[C@H]3O)[C@](C)(CO)[C@@H]2CC4)O1. The smallest absolute Gasteiger partial charge is 0.187 e. The van der Waals surface area contributed by atoms with Crippen molar-refractivity contribution in [3.05, 3.63) is 11.1 Å². The van der Waals surface area contributed by atoms with Crippen molar-refractivity contribution < 1.29 is 158 Å². The number of ketones is 1. The molecule has 2 saturated carbocycles. The number of Topliss-reactive ketones (excluding diaryl/α,β-unsaturated/α-hetero) is 1. The molecule has 0 unspecified atom stereocenters. The number of carbonyl (C=O) groups is 1. The van der Waals surface area contributed by atoms with E-state index in [0.29, 0.717) is 32.1 Å². The van der Waals surface area contributed by atoms with E-state index in [1.807, 2.05) is 13.8 Å². The molecule has 0 radical (unpaired) electrons. The van der Waals surface area contributed by atoms with Crippen LogP contribution in [0.3, 0.4) is 0 Å². The highest BCUT2D eigenvalue weighted by molar-refractivity contribution is 5.83. The van der Waals surface area contributed by atoms with Crippen LogP contribution in [0.5, 0.6) is 0 Å². The van der Waals surface area contributed by atoms with Gasteiger partial charge in [-0.2, -0.15) is 0 Å². The van der Waals surface area contributed by atoms with Gasteiger partial charge < -0.3 is 153 Å². The quantitative estimate of drug-likeness (QED) is 0.0536. The van der Waals surface area contributed by atoms with Crippen molar-refractivity contribution in [3.63, 3.8) is 0 Å². The molecule has 11 rings (SSSR count). The van der Waals surface area contributed by atoms with Crippen LogP contribution in [0.4, 0.5) is 0 Å². The molecule has 9 fully saturated rings. The molecule has 11 aliphatic rings. The van der Waals surface area contributed by atoms with Gasteiger partial charge in [-0.1, -0.05) is 52.7 Å². The Morgan fingerprint density at radius 2 is 1.02 bits per heavy atom. The molecule has 4 aliphatic carbocycles.